The van der Waals surface area contributed by atoms with Crippen LogP contribution in [0, 0.1) is 0 Å². The predicted molar refractivity (Wildman–Crippen MR) is 77.1 cm³/mol. The molecule has 1 aliphatic heterocycles. The summed E-state index contributed by atoms with van der Waals surface area (Å²) in [7, 11) is 0. The molecule has 2 rings (SSSR count). The third-order valence-corrected chi connectivity index (χ3v) is 3.40. The van der Waals surface area contributed by atoms with Crippen molar-refractivity contribution in [3.8, 4) is 0 Å². The van der Waals surface area contributed by atoms with Crippen molar-refractivity contribution in [1.29, 1.82) is 0 Å². The molecule has 2 N–H and O–H groups in total. The fourth-order valence-electron chi connectivity index (χ4n) is 2.41. The third-order valence-electron chi connectivity index (χ3n) is 3.40. The highest BCUT2D eigenvalue weighted by molar-refractivity contribution is 5.78. The molecule has 0 unspecified atom stereocenters. The van der Waals surface area contributed by atoms with E-state index in [0.717, 1.165) is 26.1 Å². The van der Waals surface area contributed by atoms with E-state index in [1.54, 1.807) is 0 Å². The molecule has 0 aliphatic carbocycles. The summed E-state index contributed by atoms with van der Waals surface area (Å²) in [5, 5.41) is 6.37. The number of carbonyl (C=O) groups is 1. The van der Waals surface area contributed by atoms with E-state index in [-0.39, 0.29) is 5.91 Å². The van der Waals surface area contributed by atoms with Crippen molar-refractivity contribution >= 4 is 5.91 Å². The molecule has 1 amide bonds. The van der Waals surface area contributed by atoms with Crippen LogP contribution in [0.1, 0.15) is 12.5 Å². The number of piperazine rings is 1. The number of carbonyl (C=O) groups excluding carboxylic acids is 1. The average molecular weight is 261 g/mol. The first-order valence-corrected chi connectivity index (χ1v) is 7.00. The van der Waals surface area contributed by atoms with E-state index in [1.807, 2.05) is 18.2 Å². The van der Waals surface area contributed by atoms with Gasteiger partial charge in [0.05, 0.1) is 6.54 Å². The van der Waals surface area contributed by atoms with E-state index in [4.69, 9.17) is 0 Å². The average Bonchev–Trinajstić information content (AvgIpc) is 2.40. The molecule has 1 aliphatic rings. The van der Waals surface area contributed by atoms with Gasteiger partial charge in [0, 0.05) is 32.2 Å². The van der Waals surface area contributed by atoms with E-state index in [2.05, 4.69) is 34.6 Å². The lowest BCUT2D eigenvalue weighted by Gasteiger charge is -2.31. The van der Waals surface area contributed by atoms with E-state index in [1.165, 1.54) is 5.56 Å². The van der Waals surface area contributed by atoms with Crippen LogP contribution >= 0.6 is 0 Å². The van der Waals surface area contributed by atoms with E-state index < -0.39 is 0 Å². The molecule has 1 aromatic carbocycles. The van der Waals surface area contributed by atoms with Crippen LogP contribution in [0.4, 0.5) is 0 Å². The molecule has 0 aromatic heterocycles. The summed E-state index contributed by atoms with van der Waals surface area (Å²) in [6.07, 6.45) is 0.893. The summed E-state index contributed by atoms with van der Waals surface area (Å²) >= 11 is 0. The first kappa shape index (κ1) is 14.0. The van der Waals surface area contributed by atoms with Gasteiger partial charge in [-0.25, -0.2) is 0 Å². The minimum Gasteiger partial charge on any atom is -0.355 e. The Balaban J connectivity index is 1.64. The summed E-state index contributed by atoms with van der Waals surface area (Å²) in [5.41, 5.74) is 1.26. The van der Waals surface area contributed by atoms with E-state index in [9.17, 15) is 4.79 Å². The lowest BCUT2D eigenvalue weighted by Crippen LogP contribution is -2.51. The molecule has 0 radical (unpaired) electrons. The van der Waals surface area contributed by atoms with Crippen LogP contribution < -0.4 is 10.6 Å². The second-order valence-corrected chi connectivity index (χ2v) is 5.18. The molecule has 4 nitrogen and oxygen atoms in total. The fourth-order valence-corrected chi connectivity index (χ4v) is 2.41. The molecule has 104 valence electrons. The van der Waals surface area contributed by atoms with Crippen molar-refractivity contribution in [2.75, 3.05) is 32.7 Å². The maximum atomic E-state index is 11.8. The Bertz CT molecular complexity index is 394. The maximum Gasteiger partial charge on any atom is 0.234 e. The Morgan fingerprint density at radius 2 is 2.21 bits per heavy atom. The molecule has 0 spiro atoms. The molecule has 1 saturated heterocycles. The molecule has 1 aromatic rings. The number of hydrogen-bond acceptors (Lipinski definition) is 3. The zero-order valence-corrected chi connectivity index (χ0v) is 11.6. The number of hydrogen-bond donors (Lipinski definition) is 2. The van der Waals surface area contributed by atoms with Gasteiger partial charge in [0.2, 0.25) is 5.91 Å². The highest BCUT2D eigenvalue weighted by atomic mass is 16.2. The van der Waals surface area contributed by atoms with Gasteiger partial charge >= 0.3 is 0 Å². The molecule has 1 fully saturated rings. The molecular formula is C15H23N3O. The number of rotatable bonds is 5. The van der Waals surface area contributed by atoms with Gasteiger partial charge < -0.3 is 10.6 Å². The smallest absolute Gasteiger partial charge is 0.234 e. The minimum absolute atomic E-state index is 0.130. The van der Waals surface area contributed by atoms with Gasteiger partial charge in [-0.3, -0.25) is 9.69 Å². The van der Waals surface area contributed by atoms with Gasteiger partial charge in [0.25, 0.3) is 0 Å². The number of nitrogens with one attached hydrogen (secondary N) is 2. The first-order chi connectivity index (χ1) is 9.24. The Kier molecular flexibility index (Phi) is 5.36. The van der Waals surface area contributed by atoms with Crippen LogP contribution in [0.5, 0.6) is 0 Å². The van der Waals surface area contributed by atoms with E-state index >= 15 is 0 Å². The number of nitrogens with zero attached hydrogens (tertiary/aromatic N) is 1. The van der Waals surface area contributed by atoms with Crippen LogP contribution in [0.15, 0.2) is 30.3 Å². The van der Waals surface area contributed by atoms with Crippen molar-refractivity contribution in [3.63, 3.8) is 0 Å². The van der Waals surface area contributed by atoms with E-state index in [0.29, 0.717) is 19.1 Å². The number of amides is 1. The van der Waals surface area contributed by atoms with Crippen LogP contribution in [0.25, 0.3) is 0 Å². The highest BCUT2D eigenvalue weighted by Crippen LogP contribution is 1.99. The van der Waals surface area contributed by atoms with Gasteiger partial charge in [-0.2, -0.15) is 0 Å². The molecule has 0 saturated carbocycles. The van der Waals surface area contributed by atoms with Gasteiger partial charge in [0.1, 0.15) is 0 Å². The summed E-state index contributed by atoms with van der Waals surface area (Å²) in [5.74, 6) is 0.130. The summed E-state index contributed by atoms with van der Waals surface area (Å²) in [6, 6.07) is 10.7. The SMILES string of the molecule is C[C@@H]1CN(CC(=O)NCCc2ccccc2)CCN1. The summed E-state index contributed by atoms with van der Waals surface area (Å²) < 4.78 is 0. The molecule has 1 heterocycles. The van der Waals surface area contributed by atoms with Crippen molar-refractivity contribution in [2.24, 2.45) is 0 Å². The van der Waals surface area contributed by atoms with Crippen molar-refractivity contribution in [3.05, 3.63) is 35.9 Å². The van der Waals surface area contributed by atoms with Crippen LogP contribution in [0.2, 0.25) is 0 Å². The topological polar surface area (TPSA) is 44.4 Å². The Morgan fingerprint density at radius 3 is 2.95 bits per heavy atom. The zero-order chi connectivity index (χ0) is 13.5. The molecule has 19 heavy (non-hydrogen) atoms. The van der Waals surface area contributed by atoms with Gasteiger partial charge in [0.15, 0.2) is 0 Å². The largest absolute Gasteiger partial charge is 0.355 e. The quantitative estimate of drug-likeness (QED) is 0.817. The standard InChI is InChI=1S/C15H23N3O/c1-13-11-18(10-9-16-13)12-15(19)17-8-7-14-5-3-2-4-6-14/h2-6,13,16H,7-12H2,1H3,(H,17,19)/t13-/m1/s1. The maximum absolute atomic E-state index is 11.8. The first-order valence-electron chi connectivity index (χ1n) is 7.00. The fraction of sp³-hybridized carbons (Fsp3) is 0.533. The van der Waals surface area contributed by atoms with Crippen molar-refractivity contribution in [1.82, 2.24) is 15.5 Å². The monoisotopic (exact) mass is 261 g/mol. The van der Waals surface area contributed by atoms with Gasteiger partial charge in [-0.05, 0) is 18.9 Å². The lowest BCUT2D eigenvalue weighted by molar-refractivity contribution is -0.122. The molecular weight excluding hydrogens is 238 g/mol. The molecule has 0 bridgehead atoms. The second kappa shape index (κ2) is 7.26. The Morgan fingerprint density at radius 1 is 1.42 bits per heavy atom. The second-order valence-electron chi connectivity index (χ2n) is 5.18. The van der Waals surface area contributed by atoms with Gasteiger partial charge in [-0.15, -0.1) is 0 Å². The van der Waals surface area contributed by atoms with Gasteiger partial charge in [-0.1, -0.05) is 30.3 Å². The lowest BCUT2D eigenvalue weighted by atomic mass is 10.1. The Labute approximate surface area is 115 Å². The van der Waals surface area contributed by atoms with Crippen molar-refractivity contribution in [2.45, 2.75) is 19.4 Å². The minimum atomic E-state index is 0.130. The zero-order valence-electron chi connectivity index (χ0n) is 11.6. The van der Waals surface area contributed by atoms with Crippen LogP contribution in [0.3, 0.4) is 0 Å². The molecule has 4 heteroatoms. The normalized spacial score (nSPS) is 20.2. The number of benzene rings is 1. The Hall–Kier alpha value is -1.39. The summed E-state index contributed by atoms with van der Waals surface area (Å²) in [4.78, 5) is 14.0. The molecule has 1 atom stereocenters. The predicted octanol–water partition coefficient (Wildman–Crippen LogP) is 0.639. The highest BCUT2D eigenvalue weighted by Gasteiger charge is 2.17. The van der Waals surface area contributed by atoms with Crippen molar-refractivity contribution < 1.29 is 4.79 Å². The van der Waals surface area contributed by atoms with Crippen LogP contribution in [-0.4, -0.2) is 49.6 Å². The summed E-state index contributed by atoms with van der Waals surface area (Å²) in [6.45, 7) is 6.26. The third kappa shape index (κ3) is 5.01. The van der Waals surface area contributed by atoms with Crippen LogP contribution in [-0.2, 0) is 11.2 Å².